The predicted molar refractivity (Wildman–Crippen MR) is 76.6 cm³/mol. The molecule has 0 aliphatic heterocycles. The molecular weight excluding hydrogens is 246 g/mol. The van der Waals surface area contributed by atoms with Crippen LogP contribution in [0.4, 0.5) is 0 Å². The van der Waals surface area contributed by atoms with Crippen LogP contribution in [-0.4, -0.2) is 12.4 Å². The SMILES string of the molecule is CC1=CC([Si](C)(C)Cl)=CC1Cc1ccccn1. The summed E-state index contributed by atoms with van der Waals surface area (Å²) in [5, 5.41) is 1.36. The minimum Gasteiger partial charge on any atom is -0.261 e. The lowest BCUT2D eigenvalue weighted by molar-refractivity contribution is 0.746. The first-order valence-corrected chi connectivity index (χ1v) is 9.97. The highest BCUT2D eigenvalue weighted by Gasteiger charge is 2.27. The lowest BCUT2D eigenvalue weighted by atomic mass is 9.98. The van der Waals surface area contributed by atoms with Crippen molar-refractivity contribution in [2.24, 2.45) is 5.92 Å². The molecule has 3 heteroatoms. The van der Waals surface area contributed by atoms with Gasteiger partial charge in [0.2, 0.25) is 0 Å². The highest BCUT2D eigenvalue weighted by Crippen LogP contribution is 2.33. The number of hydrogen-bond acceptors (Lipinski definition) is 1. The van der Waals surface area contributed by atoms with Gasteiger partial charge in [0.25, 0.3) is 0 Å². The van der Waals surface area contributed by atoms with Crippen molar-refractivity contribution in [2.75, 3.05) is 0 Å². The van der Waals surface area contributed by atoms with Crippen LogP contribution in [-0.2, 0) is 6.42 Å². The van der Waals surface area contributed by atoms with Crippen LogP contribution in [0.15, 0.2) is 47.3 Å². The maximum absolute atomic E-state index is 6.48. The minimum atomic E-state index is -1.69. The van der Waals surface area contributed by atoms with Gasteiger partial charge in [-0.15, -0.1) is 0 Å². The van der Waals surface area contributed by atoms with Crippen LogP contribution in [0.2, 0.25) is 13.1 Å². The van der Waals surface area contributed by atoms with E-state index in [2.05, 4.69) is 43.2 Å². The Balaban J connectivity index is 2.15. The zero-order chi connectivity index (χ0) is 12.5. The second kappa shape index (κ2) is 4.79. The Hall–Kier alpha value is -0.863. The van der Waals surface area contributed by atoms with Crippen molar-refractivity contribution < 1.29 is 0 Å². The molecular formula is C14H18ClNSi. The van der Waals surface area contributed by atoms with Gasteiger partial charge < -0.3 is 0 Å². The van der Waals surface area contributed by atoms with E-state index in [9.17, 15) is 0 Å². The molecule has 0 saturated carbocycles. The molecule has 1 nitrogen and oxygen atoms in total. The van der Waals surface area contributed by atoms with Gasteiger partial charge in [-0.2, -0.15) is 11.1 Å². The smallest absolute Gasteiger partial charge is 0.180 e. The molecule has 0 amide bonds. The molecule has 17 heavy (non-hydrogen) atoms. The number of aromatic nitrogens is 1. The second-order valence-electron chi connectivity index (χ2n) is 5.11. The summed E-state index contributed by atoms with van der Waals surface area (Å²) in [4.78, 5) is 4.39. The average molecular weight is 264 g/mol. The van der Waals surface area contributed by atoms with Crippen molar-refractivity contribution >= 4 is 18.5 Å². The number of pyridine rings is 1. The van der Waals surface area contributed by atoms with E-state index >= 15 is 0 Å². The first-order valence-electron chi connectivity index (χ1n) is 5.96. The van der Waals surface area contributed by atoms with E-state index in [1.54, 1.807) is 0 Å². The van der Waals surface area contributed by atoms with Crippen LogP contribution < -0.4 is 0 Å². The monoisotopic (exact) mass is 263 g/mol. The Bertz CT molecular complexity index is 457. The Morgan fingerprint density at radius 3 is 2.65 bits per heavy atom. The van der Waals surface area contributed by atoms with Gasteiger partial charge in [-0.1, -0.05) is 36.9 Å². The van der Waals surface area contributed by atoms with Gasteiger partial charge in [-0.3, -0.25) is 4.98 Å². The van der Waals surface area contributed by atoms with Gasteiger partial charge in [0.1, 0.15) is 0 Å². The first kappa shape index (κ1) is 12.6. The molecule has 1 aromatic heterocycles. The van der Waals surface area contributed by atoms with Gasteiger partial charge in [-0.25, -0.2) is 0 Å². The lowest BCUT2D eigenvalue weighted by Crippen LogP contribution is -2.18. The molecule has 0 saturated heterocycles. The number of halogens is 1. The molecule has 0 N–H and O–H groups in total. The highest BCUT2D eigenvalue weighted by molar-refractivity contribution is 7.23. The molecule has 0 spiro atoms. The summed E-state index contributed by atoms with van der Waals surface area (Å²) in [5.41, 5.74) is 2.56. The van der Waals surface area contributed by atoms with E-state index in [1.807, 2.05) is 18.3 Å². The summed E-state index contributed by atoms with van der Waals surface area (Å²) in [6.07, 6.45) is 7.44. The maximum atomic E-state index is 6.48. The predicted octanol–water partition coefficient (Wildman–Crippen LogP) is 4.11. The molecule has 1 unspecified atom stereocenters. The van der Waals surface area contributed by atoms with Gasteiger partial charge in [0.05, 0.1) is 0 Å². The summed E-state index contributed by atoms with van der Waals surface area (Å²) in [6.45, 7) is 6.54. The van der Waals surface area contributed by atoms with E-state index in [0.717, 1.165) is 12.1 Å². The molecule has 0 fully saturated rings. The molecule has 0 aromatic carbocycles. The number of allylic oxidation sites excluding steroid dienone is 4. The zero-order valence-electron chi connectivity index (χ0n) is 10.6. The molecule has 2 rings (SSSR count). The fraction of sp³-hybridized carbons (Fsp3) is 0.357. The topological polar surface area (TPSA) is 12.9 Å². The van der Waals surface area contributed by atoms with Crippen molar-refractivity contribution in [3.63, 3.8) is 0 Å². The third-order valence-corrected chi connectivity index (χ3v) is 5.53. The van der Waals surface area contributed by atoms with Crippen LogP contribution in [0.5, 0.6) is 0 Å². The fourth-order valence-electron chi connectivity index (χ4n) is 2.08. The number of hydrogen-bond donors (Lipinski definition) is 0. The van der Waals surface area contributed by atoms with Crippen LogP contribution in [0.25, 0.3) is 0 Å². The summed E-state index contributed by atoms with van der Waals surface area (Å²) in [7, 11) is -1.69. The molecule has 0 radical (unpaired) electrons. The largest absolute Gasteiger partial charge is 0.261 e. The molecule has 1 atom stereocenters. The summed E-state index contributed by atoms with van der Waals surface area (Å²) >= 11 is 6.48. The summed E-state index contributed by atoms with van der Waals surface area (Å²) in [5.74, 6) is 0.477. The summed E-state index contributed by atoms with van der Waals surface area (Å²) < 4.78 is 0. The van der Waals surface area contributed by atoms with E-state index in [1.165, 1.54) is 10.8 Å². The van der Waals surface area contributed by atoms with Crippen LogP contribution >= 0.6 is 11.1 Å². The second-order valence-corrected chi connectivity index (χ2v) is 11.5. The van der Waals surface area contributed by atoms with Gasteiger partial charge >= 0.3 is 0 Å². The Labute approximate surface area is 109 Å². The maximum Gasteiger partial charge on any atom is 0.180 e. The normalized spacial score (nSPS) is 20.1. The van der Waals surface area contributed by atoms with Crippen LogP contribution in [0, 0.1) is 5.92 Å². The van der Waals surface area contributed by atoms with E-state index in [-0.39, 0.29) is 0 Å². The van der Waals surface area contributed by atoms with E-state index < -0.39 is 7.38 Å². The zero-order valence-corrected chi connectivity index (χ0v) is 12.3. The van der Waals surface area contributed by atoms with Gasteiger partial charge in [0, 0.05) is 17.8 Å². The average Bonchev–Trinajstić information content (AvgIpc) is 2.62. The minimum absolute atomic E-state index is 0.477. The first-order chi connectivity index (χ1) is 7.97. The molecule has 1 aliphatic rings. The quantitative estimate of drug-likeness (QED) is 0.591. The van der Waals surface area contributed by atoms with E-state index in [4.69, 9.17) is 11.1 Å². The molecule has 0 bridgehead atoms. The lowest BCUT2D eigenvalue weighted by Gasteiger charge is -2.12. The van der Waals surface area contributed by atoms with Crippen molar-refractivity contribution in [1.29, 1.82) is 0 Å². The number of rotatable bonds is 3. The summed E-state index contributed by atoms with van der Waals surface area (Å²) in [6, 6.07) is 6.08. The molecule has 1 aliphatic carbocycles. The van der Waals surface area contributed by atoms with Crippen molar-refractivity contribution in [3.8, 4) is 0 Å². The van der Waals surface area contributed by atoms with Gasteiger partial charge in [0.15, 0.2) is 7.38 Å². The third-order valence-electron chi connectivity index (χ3n) is 3.19. The Morgan fingerprint density at radius 1 is 1.35 bits per heavy atom. The third kappa shape index (κ3) is 3.08. The number of nitrogens with zero attached hydrogens (tertiary/aromatic N) is 1. The molecule has 1 heterocycles. The van der Waals surface area contributed by atoms with Gasteiger partial charge in [-0.05, 0) is 30.7 Å². The Kier molecular flexibility index (Phi) is 3.55. The standard InChI is InChI=1S/C14H18ClNSi/c1-11-8-14(17(2,3)15)10-12(11)9-13-6-4-5-7-16-13/h4-8,10,12H,9H2,1-3H3. The van der Waals surface area contributed by atoms with Crippen molar-refractivity contribution in [1.82, 2.24) is 4.98 Å². The fourth-order valence-corrected chi connectivity index (χ4v) is 3.60. The molecule has 1 aromatic rings. The molecule has 90 valence electrons. The van der Waals surface area contributed by atoms with Crippen LogP contribution in [0.3, 0.4) is 0 Å². The van der Waals surface area contributed by atoms with Crippen LogP contribution in [0.1, 0.15) is 12.6 Å². The highest BCUT2D eigenvalue weighted by atomic mass is 35.6. The van der Waals surface area contributed by atoms with Crippen molar-refractivity contribution in [2.45, 2.75) is 26.4 Å². The van der Waals surface area contributed by atoms with E-state index in [0.29, 0.717) is 5.92 Å². The Morgan fingerprint density at radius 2 is 2.12 bits per heavy atom. The van der Waals surface area contributed by atoms with Crippen molar-refractivity contribution in [3.05, 3.63) is 53.0 Å².